The minimum Gasteiger partial charge on any atom is -0.130 e. The minimum atomic E-state index is 0.835. The average Bonchev–Trinajstić information content (AvgIpc) is 1.88. The minimum absolute atomic E-state index is 0.835. The van der Waals surface area contributed by atoms with Crippen molar-refractivity contribution < 1.29 is 0 Å². The maximum Gasteiger partial charge on any atom is 0.113 e. The summed E-state index contributed by atoms with van der Waals surface area (Å²) >= 11 is 1.70. The highest BCUT2D eigenvalue weighted by molar-refractivity contribution is 7.98. The van der Waals surface area contributed by atoms with E-state index in [1.807, 2.05) is 30.5 Å². The molecule has 44 valence electrons. The Balaban J connectivity index is 2.94. The quantitative estimate of drug-likeness (QED) is 0.410. The van der Waals surface area contributed by atoms with Gasteiger partial charge in [-0.05, 0) is 12.3 Å². The second kappa shape index (κ2) is 2.97. The summed E-state index contributed by atoms with van der Waals surface area (Å²) in [6.07, 6.45) is 2.04. The van der Waals surface area contributed by atoms with Gasteiger partial charge in [-0.1, -0.05) is 23.7 Å². The van der Waals surface area contributed by atoms with Crippen LogP contribution in [-0.2, 0) is 0 Å². The van der Waals surface area contributed by atoms with E-state index in [1.54, 1.807) is 11.8 Å². The molecule has 0 spiro atoms. The van der Waals surface area contributed by atoms with E-state index in [4.69, 9.17) is 7.85 Å². The normalized spacial score (nSPS) is 9.44. The highest BCUT2D eigenvalue weighted by atomic mass is 32.2. The molecular formula is C7H7BS. The molecule has 0 atom stereocenters. The van der Waals surface area contributed by atoms with Gasteiger partial charge in [0.2, 0.25) is 0 Å². The van der Waals surface area contributed by atoms with E-state index in [0.717, 1.165) is 5.46 Å². The summed E-state index contributed by atoms with van der Waals surface area (Å²) in [5.74, 6) is 0. The first-order chi connectivity index (χ1) is 4.33. The highest BCUT2D eigenvalue weighted by Crippen LogP contribution is 2.10. The van der Waals surface area contributed by atoms with Crippen molar-refractivity contribution in [1.29, 1.82) is 0 Å². The maximum atomic E-state index is 5.52. The molecule has 0 N–H and O–H groups in total. The molecule has 0 aliphatic carbocycles. The Labute approximate surface area is 61.1 Å². The fraction of sp³-hybridized carbons (Fsp3) is 0.143. The molecule has 0 bridgehead atoms. The molecule has 0 saturated carbocycles. The van der Waals surface area contributed by atoms with Crippen LogP contribution in [0, 0.1) is 0 Å². The first-order valence-electron chi connectivity index (χ1n) is 2.72. The zero-order chi connectivity index (χ0) is 6.69. The molecule has 0 amide bonds. The van der Waals surface area contributed by atoms with E-state index in [2.05, 4.69) is 0 Å². The smallest absolute Gasteiger partial charge is 0.113 e. The van der Waals surface area contributed by atoms with Gasteiger partial charge in [0, 0.05) is 4.90 Å². The zero-order valence-corrected chi connectivity index (χ0v) is 6.11. The lowest BCUT2D eigenvalue weighted by atomic mass is 9.97. The van der Waals surface area contributed by atoms with Crippen molar-refractivity contribution in [3.05, 3.63) is 24.3 Å². The van der Waals surface area contributed by atoms with E-state index in [9.17, 15) is 0 Å². The predicted octanol–water partition coefficient (Wildman–Crippen LogP) is 1.20. The van der Waals surface area contributed by atoms with Crippen molar-refractivity contribution in [3.63, 3.8) is 0 Å². The molecule has 0 saturated heterocycles. The molecule has 0 fully saturated rings. The van der Waals surface area contributed by atoms with Gasteiger partial charge in [-0.3, -0.25) is 0 Å². The van der Waals surface area contributed by atoms with Gasteiger partial charge in [0.25, 0.3) is 0 Å². The Bertz CT molecular complexity index is 198. The zero-order valence-electron chi connectivity index (χ0n) is 5.29. The summed E-state index contributed by atoms with van der Waals surface area (Å²) in [7, 11) is 5.52. The molecule has 0 aliphatic rings. The standard InChI is InChI=1S/C7H7BS/c1-9-7-4-2-3-6(8)5-7/h2-5H,1H3. The molecule has 1 aromatic rings. The van der Waals surface area contributed by atoms with Crippen LogP contribution in [0.3, 0.4) is 0 Å². The van der Waals surface area contributed by atoms with Crippen LogP contribution < -0.4 is 5.46 Å². The molecule has 9 heavy (non-hydrogen) atoms. The van der Waals surface area contributed by atoms with Crippen molar-refractivity contribution in [2.75, 3.05) is 6.26 Å². The summed E-state index contributed by atoms with van der Waals surface area (Å²) in [4.78, 5) is 1.22. The number of rotatable bonds is 1. The molecular weight excluding hydrogens is 127 g/mol. The average molecular weight is 134 g/mol. The molecule has 0 aliphatic heterocycles. The van der Waals surface area contributed by atoms with Crippen LogP contribution in [0.1, 0.15) is 0 Å². The van der Waals surface area contributed by atoms with Crippen LogP contribution in [0.15, 0.2) is 29.2 Å². The summed E-state index contributed by atoms with van der Waals surface area (Å²) in [6, 6.07) is 7.85. The second-order valence-corrected chi connectivity index (χ2v) is 2.66. The molecule has 2 radical (unpaired) electrons. The second-order valence-electron chi connectivity index (χ2n) is 1.78. The van der Waals surface area contributed by atoms with Crippen molar-refractivity contribution in [1.82, 2.24) is 0 Å². The van der Waals surface area contributed by atoms with Crippen LogP contribution in [0.4, 0.5) is 0 Å². The third-order valence-electron chi connectivity index (χ3n) is 1.09. The Hall–Kier alpha value is -0.365. The maximum absolute atomic E-state index is 5.52. The Morgan fingerprint density at radius 2 is 2.22 bits per heavy atom. The third kappa shape index (κ3) is 1.79. The molecule has 0 nitrogen and oxygen atoms in total. The number of thioether (sulfide) groups is 1. The Kier molecular flexibility index (Phi) is 2.23. The summed E-state index contributed by atoms with van der Waals surface area (Å²) < 4.78 is 0. The lowest BCUT2D eigenvalue weighted by Crippen LogP contribution is -1.99. The van der Waals surface area contributed by atoms with Crippen molar-refractivity contribution in [3.8, 4) is 0 Å². The van der Waals surface area contributed by atoms with Crippen molar-refractivity contribution in [2.24, 2.45) is 0 Å². The first kappa shape index (κ1) is 6.75. The van der Waals surface area contributed by atoms with E-state index in [-0.39, 0.29) is 0 Å². The summed E-state index contributed by atoms with van der Waals surface area (Å²) in [5.41, 5.74) is 0.835. The first-order valence-corrected chi connectivity index (χ1v) is 3.95. The van der Waals surface area contributed by atoms with E-state index in [0.29, 0.717) is 0 Å². The number of benzene rings is 1. The lowest BCUT2D eigenvalue weighted by molar-refractivity contribution is 1.50. The fourth-order valence-corrected chi connectivity index (χ4v) is 1.11. The Morgan fingerprint density at radius 1 is 1.44 bits per heavy atom. The van der Waals surface area contributed by atoms with Crippen molar-refractivity contribution in [2.45, 2.75) is 4.90 Å². The molecule has 0 heterocycles. The van der Waals surface area contributed by atoms with Gasteiger partial charge in [-0.25, -0.2) is 0 Å². The Morgan fingerprint density at radius 3 is 2.67 bits per heavy atom. The number of hydrogen-bond donors (Lipinski definition) is 0. The summed E-state index contributed by atoms with van der Waals surface area (Å²) in [6.45, 7) is 0. The molecule has 0 unspecified atom stereocenters. The van der Waals surface area contributed by atoms with Gasteiger partial charge >= 0.3 is 0 Å². The van der Waals surface area contributed by atoms with Gasteiger partial charge in [-0.2, -0.15) is 0 Å². The van der Waals surface area contributed by atoms with Gasteiger partial charge < -0.3 is 0 Å². The topological polar surface area (TPSA) is 0 Å². The van der Waals surface area contributed by atoms with Crippen molar-refractivity contribution >= 4 is 25.1 Å². The van der Waals surface area contributed by atoms with Gasteiger partial charge in [0.1, 0.15) is 7.85 Å². The molecule has 1 aromatic carbocycles. The molecule has 1 rings (SSSR count). The van der Waals surface area contributed by atoms with E-state index in [1.165, 1.54) is 4.90 Å². The van der Waals surface area contributed by atoms with E-state index < -0.39 is 0 Å². The van der Waals surface area contributed by atoms with Crippen LogP contribution in [0.5, 0.6) is 0 Å². The fourth-order valence-electron chi connectivity index (χ4n) is 0.642. The largest absolute Gasteiger partial charge is 0.130 e. The SMILES string of the molecule is [B]c1cccc(SC)c1. The van der Waals surface area contributed by atoms with Crippen LogP contribution in [0.2, 0.25) is 0 Å². The van der Waals surface area contributed by atoms with Gasteiger partial charge in [-0.15, -0.1) is 11.8 Å². The third-order valence-corrected chi connectivity index (χ3v) is 1.82. The van der Waals surface area contributed by atoms with Crippen LogP contribution >= 0.6 is 11.8 Å². The van der Waals surface area contributed by atoms with Crippen LogP contribution in [-0.4, -0.2) is 14.1 Å². The van der Waals surface area contributed by atoms with Gasteiger partial charge in [0.05, 0.1) is 0 Å². The van der Waals surface area contributed by atoms with Crippen LogP contribution in [0.25, 0.3) is 0 Å². The predicted molar refractivity (Wildman–Crippen MR) is 43.6 cm³/mol. The summed E-state index contributed by atoms with van der Waals surface area (Å²) in [5, 5.41) is 0. The molecule has 0 aromatic heterocycles. The van der Waals surface area contributed by atoms with E-state index >= 15 is 0 Å². The lowest BCUT2D eigenvalue weighted by Gasteiger charge is -1.95. The highest BCUT2D eigenvalue weighted by Gasteiger charge is 1.86. The number of hydrogen-bond acceptors (Lipinski definition) is 1. The molecule has 2 heteroatoms. The monoisotopic (exact) mass is 134 g/mol. The van der Waals surface area contributed by atoms with Gasteiger partial charge in [0.15, 0.2) is 0 Å².